The van der Waals surface area contributed by atoms with Gasteiger partial charge in [0.05, 0.1) is 17.9 Å². The standard InChI is InChI=1S/C8H13N5O2/c1-5(9)8(15)12-6-2-11-13(3-6)4-7(10)14/h2-3,5H,4,9H2,1H3,(H2,10,14)(H,12,15)/t5-/m1/s1. The molecule has 1 rings (SSSR count). The number of anilines is 1. The van der Waals surface area contributed by atoms with Crippen molar-refractivity contribution in [1.82, 2.24) is 9.78 Å². The number of aromatic nitrogens is 2. The normalized spacial score (nSPS) is 12.1. The molecule has 0 saturated carbocycles. The van der Waals surface area contributed by atoms with Crippen LogP contribution in [-0.4, -0.2) is 27.6 Å². The van der Waals surface area contributed by atoms with Crippen LogP contribution in [0.15, 0.2) is 12.4 Å². The van der Waals surface area contributed by atoms with Crippen molar-refractivity contribution in [2.24, 2.45) is 11.5 Å². The van der Waals surface area contributed by atoms with E-state index in [0.717, 1.165) is 0 Å². The molecule has 0 aromatic carbocycles. The van der Waals surface area contributed by atoms with Gasteiger partial charge >= 0.3 is 0 Å². The zero-order valence-electron chi connectivity index (χ0n) is 8.30. The highest BCUT2D eigenvalue weighted by molar-refractivity contribution is 5.94. The molecule has 2 amide bonds. The summed E-state index contributed by atoms with van der Waals surface area (Å²) in [7, 11) is 0. The van der Waals surface area contributed by atoms with Gasteiger partial charge in [-0.25, -0.2) is 0 Å². The molecular formula is C8H13N5O2. The van der Waals surface area contributed by atoms with Crippen LogP contribution >= 0.6 is 0 Å². The quantitative estimate of drug-likeness (QED) is 0.571. The lowest BCUT2D eigenvalue weighted by atomic mass is 10.3. The van der Waals surface area contributed by atoms with E-state index in [9.17, 15) is 9.59 Å². The van der Waals surface area contributed by atoms with E-state index in [0.29, 0.717) is 5.69 Å². The fourth-order valence-electron chi connectivity index (χ4n) is 0.930. The number of primary amides is 1. The maximum atomic E-state index is 11.2. The first-order chi connectivity index (χ1) is 6.99. The first-order valence-corrected chi connectivity index (χ1v) is 4.36. The van der Waals surface area contributed by atoms with E-state index >= 15 is 0 Å². The predicted octanol–water partition coefficient (Wildman–Crippen LogP) is -1.35. The Morgan fingerprint density at radius 1 is 1.67 bits per heavy atom. The Morgan fingerprint density at radius 2 is 2.33 bits per heavy atom. The molecule has 0 spiro atoms. The Hall–Kier alpha value is -1.89. The molecule has 5 N–H and O–H groups in total. The van der Waals surface area contributed by atoms with Crippen molar-refractivity contribution < 1.29 is 9.59 Å². The third-order valence-corrected chi connectivity index (χ3v) is 1.63. The van der Waals surface area contributed by atoms with Crippen LogP contribution in [0, 0.1) is 0 Å². The van der Waals surface area contributed by atoms with E-state index in [2.05, 4.69) is 10.4 Å². The molecule has 0 unspecified atom stereocenters. The summed E-state index contributed by atoms with van der Waals surface area (Å²) in [4.78, 5) is 21.7. The van der Waals surface area contributed by atoms with Gasteiger partial charge in [-0.05, 0) is 6.92 Å². The molecule has 0 bridgehead atoms. The van der Waals surface area contributed by atoms with E-state index < -0.39 is 11.9 Å². The summed E-state index contributed by atoms with van der Waals surface area (Å²) in [6.45, 7) is 1.55. The highest BCUT2D eigenvalue weighted by Gasteiger charge is 2.08. The van der Waals surface area contributed by atoms with E-state index in [4.69, 9.17) is 11.5 Å². The summed E-state index contributed by atoms with van der Waals surface area (Å²) in [6.07, 6.45) is 2.92. The van der Waals surface area contributed by atoms with E-state index in [1.165, 1.54) is 17.1 Å². The molecule has 0 aliphatic rings. The zero-order valence-corrected chi connectivity index (χ0v) is 8.30. The Labute approximate surface area is 86.4 Å². The van der Waals surface area contributed by atoms with Gasteiger partial charge in [0.2, 0.25) is 11.8 Å². The number of nitrogens with zero attached hydrogens (tertiary/aromatic N) is 2. The first-order valence-electron chi connectivity index (χ1n) is 4.36. The second-order valence-corrected chi connectivity index (χ2v) is 3.17. The fraction of sp³-hybridized carbons (Fsp3) is 0.375. The summed E-state index contributed by atoms with van der Waals surface area (Å²) < 4.78 is 1.33. The van der Waals surface area contributed by atoms with E-state index in [1.54, 1.807) is 6.92 Å². The molecule has 1 atom stereocenters. The number of carbonyl (C=O) groups excluding carboxylic acids is 2. The molecular weight excluding hydrogens is 198 g/mol. The average Bonchev–Trinajstić information content (AvgIpc) is 2.51. The van der Waals surface area contributed by atoms with E-state index in [-0.39, 0.29) is 12.5 Å². The lowest BCUT2D eigenvalue weighted by Gasteiger charge is -2.04. The van der Waals surface area contributed by atoms with Crippen LogP contribution in [0.5, 0.6) is 0 Å². The summed E-state index contributed by atoms with van der Waals surface area (Å²) >= 11 is 0. The van der Waals surface area contributed by atoms with Gasteiger partial charge in [0.1, 0.15) is 6.54 Å². The molecule has 15 heavy (non-hydrogen) atoms. The largest absolute Gasteiger partial charge is 0.368 e. The van der Waals surface area contributed by atoms with Gasteiger partial charge in [-0.2, -0.15) is 5.10 Å². The Balaban J connectivity index is 2.60. The molecule has 7 heteroatoms. The molecule has 0 fully saturated rings. The highest BCUT2D eigenvalue weighted by atomic mass is 16.2. The van der Waals surface area contributed by atoms with Gasteiger partial charge in [0.15, 0.2) is 0 Å². The second-order valence-electron chi connectivity index (χ2n) is 3.17. The lowest BCUT2D eigenvalue weighted by Crippen LogP contribution is -2.32. The number of hydrogen-bond acceptors (Lipinski definition) is 4. The summed E-state index contributed by atoms with van der Waals surface area (Å²) in [5, 5.41) is 6.36. The molecule has 1 aromatic rings. The predicted molar refractivity (Wildman–Crippen MR) is 53.7 cm³/mol. The van der Waals surface area contributed by atoms with Crippen LogP contribution < -0.4 is 16.8 Å². The van der Waals surface area contributed by atoms with Gasteiger partial charge in [-0.1, -0.05) is 0 Å². The number of carbonyl (C=O) groups is 2. The smallest absolute Gasteiger partial charge is 0.241 e. The maximum absolute atomic E-state index is 11.2. The average molecular weight is 211 g/mol. The van der Waals surface area contributed by atoms with Crippen LogP contribution in [0.25, 0.3) is 0 Å². The molecule has 7 nitrogen and oxygen atoms in total. The number of nitrogens with two attached hydrogens (primary N) is 2. The van der Waals surface area contributed by atoms with E-state index in [1.807, 2.05) is 0 Å². The second kappa shape index (κ2) is 4.56. The van der Waals surface area contributed by atoms with Gasteiger partial charge in [0, 0.05) is 6.20 Å². The van der Waals surface area contributed by atoms with Gasteiger partial charge < -0.3 is 16.8 Å². The van der Waals surface area contributed by atoms with Crippen LogP contribution in [-0.2, 0) is 16.1 Å². The Kier molecular flexibility index (Phi) is 3.40. The monoisotopic (exact) mass is 211 g/mol. The van der Waals surface area contributed by atoms with Crippen molar-refractivity contribution in [2.45, 2.75) is 19.5 Å². The van der Waals surface area contributed by atoms with Crippen molar-refractivity contribution in [3.63, 3.8) is 0 Å². The number of nitrogens with one attached hydrogen (secondary N) is 1. The summed E-state index contributed by atoms with van der Waals surface area (Å²) in [5.74, 6) is -0.809. The third kappa shape index (κ3) is 3.39. The molecule has 1 heterocycles. The number of rotatable bonds is 4. The van der Waals surface area contributed by atoms with Gasteiger partial charge in [-0.3, -0.25) is 14.3 Å². The number of hydrogen-bond donors (Lipinski definition) is 3. The van der Waals surface area contributed by atoms with Crippen molar-refractivity contribution in [2.75, 3.05) is 5.32 Å². The van der Waals surface area contributed by atoms with Crippen molar-refractivity contribution >= 4 is 17.5 Å². The minimum Gasteiger partial charge on any atom is -0.368 e. The molecule has 0 aliphatic carbocycles. The van der Waals surface area contributed by atoms with Crippen LogP contribution in [0.1, 0.15) is 6.92 Å². The Bertz CT molecular complexity index is 371. The molecule has 0 aliphatic heterocycles. The fourth-order valence-corrected chi connectivity index (χ4v) is 0.930. The summed E-state index contributed by atoms with van der Waals surface area (Å²) in [5.41, 5.74) is 10.8. The van der Waals surface area contributed by atoms with Gasteiger partial charge in [0.25, 0.3) is 0 Å². The minimum absolute atomic E-state index is 0.0198. The molecule has 82 valence electrons. The van der Waals surface area contributed by atoms with Crippen molar-refractivity contribution in [3.8, 4) is 0 Å². The van der Waals surface area contributed by atoms with Crippen LogP contribution in [0.3, 0.4) is 0 Å². The van der Waals surface area contributed by atoms with Crippen molar-refractivity contribution in [1.29, 1.82) is 0 Å². The lowest BCUT2D eigenvalue weighted by molar-refractivity contribution is -0.119. The molecule has 0 radical (unpaired) electrons. The molecule has 0 saturated heterocycles. The van der Waals surface area contributed by atoms with Crippen molar-refractivity contribution in [3.05, 3.63) is 12.4 Å². The highest BCUT2D eigenvalue weighted by Crippen LogP contribution is 2.04. The van der Waals surface area contributed by atoms with Gasteiger partial charge in [-0.15, -0.1) is 0 Å². The first kappa shape index (κ1) is 11.2. The van der Waals surface area contributed by atoms with Crippen LogP contribution in [0.2, 0.25) is 0 Å². The Morgan fingerprint density at radius 3 is 2.87 bits per heavy atom. The SMILES string of the molecule is C[C@@H](N)C(=O)Nc1cnn(CC(N)=O)c1. The third-order valence-electron chi connectivity index (χ3n) is 1.63. The maximum Gasteiger partial charge on any atom is 0.241 e. The summed E-state index contributed by atoms with van der Waals surface area (Å²) in [6, 6.07) is -0.593. The minimum atomic E-state index is -0.593. The zero-order chi connectivity index (χ0) is 11.4. The van der Waals surface area contributed by atoms with Crippen LogP contribution in [0.4, 0.5) is 5.69 Å². The molecule has 1 aromatic heterocycles. The number of amides is 2. The topological polar surface area (TPSA) is 116 Å².